The van der Waals surface area contributed by atoms with Crippen molar-refractivity contribution >= 4 is 45.2 Å². The van der Waals surface area contributed by atoms with E-state index in [0.29, 0.717) is 5.69 Å². The highest BCUT2D eigenvalue weighted by Gasteiger charge is 2.59. The second-order valence-corrected chi connectivity index (χ2v) is 8.41. The lowest BCUT2D eigenvalue weighted by Crippen LogP contribution is -2.43. The third-order valence-corrected chi connectivity index (χ3v) is 6.64. The molecule has 3 aliphatic rings. The number of allylic oxidation sites excluding steroid dienone is 2. The molecule has 2 N–H and O–H groups in total. The number of benzene rings is 1. The number of nitrogens with zero attached hydrogens (tertiary/aromatic N) is 1. The molecule has 1 aromatic rings. The summed E-state index contributed by atoms with van der Waals surface area (Å²) in [5.41, 5.74) is 1.60. The third-order valence-electron chi connectivity index (χ3n) is 5.75. The molecule has 7 nitrogen and oxygen atoms in total. The largest absolute Gasteiger partial charge is 0.345 e. The number of hydrogen-bond donors (Lipinski definition) is 2. The van der Waals surface area contributed by atoms with Crippen LogP contribution in [-0.4, -0.2) is 41.6 Å². The molecule has 1 aliphatic heterocycles. The molecular weight excluding hydrogens is 426 g/mol. The number of carbonyl (C=O) groups is 4. The molecule has 146 valence electrons. The highest BCUT2D eigenvalue weighted by Crippen LogP contribution is 2.52. The lowest BCUT2D eigenvalue weighted by Gasteiger charge is -2.16. The molecule has 0 radical (unpaired) electrons. The van der Waals surface area contributed by atoms with Crippen molar-refractivity contribution in [2.45, 2.75) is 13.3 Å². The van der Waals surface area contributed by atoms with E-state index in [9.17, 15) is 19.2 Å². The smallest absolute Gasteiger partial charge is 0.243 e. The van der Waals surface area contributed by atoms with Crippen LogP contribution in [0, 0.1) is 30.6 Å². The summed E-state index contributed by atoms with van der Waals surface area (Å²) in [6.45, 7) is 1.33. The van der Waals surface area contributed by atoms with Crippen molar-refractivity contribution in [3.8, 4) is 0 Å². The van der Waals surface area contributed by atoms with Gasteiger partial charge in [-0.15, -0.1) is 0 Å². The molecule has 1 saturated carbocycles. The summed E-state index contributed by atoms with van der Waals surface area (Å²) in [4.78, 5) is 50.4. The van der Waals surface area contributed by atoms with Crippen LogP contribution < -0.4 is 10.6 Å². The number of amides is 4. The molecule has 2 fully saturated rings. The molecule has 4 unspecified atom stereocenters. The fourth-order valence-corrected chi connectivity index (χ4v) is 4.67. The predicted molar refractivity (Wildman–Crippen MR) is 105 cm³/mol. The van der Waals surface area contributed by atoms with Crippen molar-refractivity contribution in [1.29, 1.82) is 0 Å². The molecule has 4 rings (SSSR count). The number of fused-ring (bicyclic) bond motifs is 5. The summed E-state index contributed by atoms with van der Waals surface area (Å²) < 4.78 is 0.937. The van der Waals surface area contributed by atoms with Crippen molar-refractivity contribution in [2.75, 3.05) is 18.4 Å². The molecule has 1 heterocycles. The summed E-state index contributed by atoms with van der Waals surface area (Å²) in [5, 5.41) is 5.18. The number of anilines is 1. The predicted octanol–water partition coefficient (Wildman–Crippen LogP) is 1.62. The Morgan fingerprint density at radius 1 is 1.11 bits per heavy atom. The van der Waals surface area contributed by atoms with Crippen molar-refractivity contribution in [1.82, 2.24) is 10.2 Å². The topological polar surface area (TPSA) is 95.6 Å². The zero-order valence-corrected chi connectivity index (χ0v) is 16.9. The van der Waals surface area contributed by atoms with Crippen LogP contribution in [0.25, 0.3) is 0 Å². The maximum absolute atomic E-state index is 12.6. The molecule has 4 amide bonds. The van der Waals surface area contributed by atoms with Gasteiger partial charge in [0.05, 0.1) is 18.4 Å². The van der Waals surface area contributed by atoms with Crippen LogP contribution in [0.15, 0.2) is 34.8 Å². The van der Waals surface area contributed by atoms with Crippen LogP contribution >= 0.6 is 15.9 Å². The van der Waals surface area contributed by atoms with Crippen molar-refractivity contribution < 1.29 is 19.2 Å². The highest BCUT2D eigenvalue weighted by molar-refractivity contribution is 9.10. The molecule has 4 atom stereocenters. The molecule has 2 aliphatic carbocycles. The molecule has 0 spiro atoms. The molecule has 2 bridgehead atoms. The van der Waals surface area contributed by atoms with E-state index in [4.69, 9.17) is 0 Å². The minimum Gasteiger partial charge on any atom is -0.345 e. The maximum Gasteiger partial charge on any atom is 0.243 e. The number of aryl methyl sites for hydroxylation is 1. The Morgan fingerprint density at radius 3 is 2.36 bits per heavy atom. The minimum absolute atomic E-state index is 0.111. The Morgan fingerprint density at radius 2 is 1.75 bits per heavy atom. The fourth-order valence-electron chi connectivity index (χ4n) is 4.43. The van der Waals surface area contributed by atoms with Crippen LogP contribution in [0.3, 0.4) is 0 Å². The Balaban J connectivity index is 1.29. The number of imide groups is 1. The first kappa shape index (κ1) is 18.9. The second kappa shape index (κ2) is 7.16. The first-order chi connectivity index (χ1) is 13.3. The lowest BCUT2D eigenvalue weighted by molar-refractivity contribution is -0.144. The molecule has 0 aromatic heterocycles. The Kier molecular flexibility index (Phi) is 4.82. The van der Waals surface area contributed by atoms with Gasteiger partial charge in [-0.25, -0.2) is 0 Å². The standard InChI is InChI=1S/C20H20BrN3O4/c1-10-6-13(4-5-14(10)21)23-15(25)8-22-16(26)9-24-19(27)17-11-2-3-12(7-11)18(17)20(24)28/h2-6,11-12,17-18H,7-9H2,1H3,(H,22,26)(H,23,25). The second-order valence-electron chi connectivity index (χ2n) is 7.55. The zero-order valence-electron chi connectivity index (χ0n) is 15.3. The summed E-state index contributed by atoms with van der Waals surface area (Å²) in [6.07, 6.45) is 4.87. The van der Waals surface area contributed by atoms with Crippen molar-refractivity contribution in [2.24, 2.45) is 23.7 Å². The van der Waals surface area contributed by atoms with Gasteiger partial charge in [0.2, 0.25) is 23.6 Å². The van der Waals surface area contributed by atoms with Gasteiger partial charge in [-0.05, 0) is 48.9 Å². The van der Waals surface area contributed by atoms with Crippen LogP contribution in [-0.2, 0) is 19.2 Å². The summed E-state index contributed by atoms with van der Waals surface area (Å²) in [7, 11) is 0. The van der Waals surface area contributed by atoms with Gasteiger partial charge < -0.3 is 10.6 Å². The SMILES string of the molecule is Cc1cc(NC(=O)CNC(=O)CN2C(=O)C3C4C=CC(C4)C3C2=O)ccc1Br. The van der Waals surface area contributed by atoms with Gasteiger partial charge in [-0.2, -0.15) is 0 Å². The Labute approximate surface area is 170 Å². The van der Waals surface area contributed by atoms with Crippen LogP contribution in [0.4, 0.5) is 5.69 Å². The van der Waals surface area contributed by atoms with E-state index in [1.165, 1.54) is 0 Å². The van der Waals surface area contributed by atoms with Crippen molar-refractivity contribution in [3.05, 3.63) is 40.4 Å². The van der Waals surface area contributed by atoms with Gasteiger partial charge >= 0.3 is 0 Å². The van der Waals surface area contributed by atoms with E-state index in [2.05, 4.69) is 26.6 Å². The number of nitrogens with one attached hydrogen (secondary N) is 2. The normalized spacial score (nSPS) is 27.3. The zero-order chi connectivity index (χ0) is 20.0. The van der Waals surface area contributed by atoms with Gasteiger partial charge in [0.25, 0.3) is 0 Å². The first-order valence-corrected chi connectivity index (χ1v) is 10.0. The summed E-state index contributed by atoms with van der Waals surface area (Å²) in [6, 6.07) is 5.39. The molecular formula is C20H20BrN3O4. The van der Waals surface area contributed by atoms with Gasteiger partial charge in [0.15, 0.2) is 0 Å². The number of likely N-dealkylation sites (tertiary alicyclic amines) is 1. The summed E-state index contributed by atoms with van der Waals surface area (Å²) >= 11 is 3.39. The average molecular weight is 446 g/mol. The van der Waals surface area contributed by atoms with Gasteiger partial charge in [0.1, 0.15) is 6.54 Å². The quantitative estimate of drug-likeness (QED) is 0.531. The van der Waals surface area contributed by atoms with Gasteiger partial charge in [-0.1, -0.05) is 28.1 Å². The van der Waals surface area contributed by atoms with E-state index in [0.717, 1.165) is 21.4 Å². The fraction of sp³-hybridized carbons (Fsp3) is 0.400. The van der Waals surface area contributed by atoms with E-state index < -0.39 is 5.91 Å². The minimum atomic E-state index is -0.524. The molecule has 1 saturated heterocycles. The number of halogens is 1. The van der Waals surface area contributed by atoms with Crippen LogP contribution in [0.1, 0.15) is 12.0 Å². The monoisotopic (exact) mass is 445 g/mol. The van der Waals surface area contributed by atoms with Crippen LogP contribution in [0.5, 0.6) is 0 Å². The van der Waals surface area contributed by atoms with Crippen LogP contribution in [0.2, 0.25) is 0 Å². The third kappa shape index (κ3) is 3.26. The summed E-state index contributed by atoms with van der Waals surface area (Å²) in [5.74, 6) is -1.86. The molecule has 28 heavy (non-hydrogen) atoms. The van der Waals surface area contributed by atoms with E-state index in [1.807, 2.05) is 31.2 Å². The van der Waals surface area contributed by atoms with E-state index >= 15 is 0 Å². The van der Waals surface area contributed by atoms with Crippen molar-refractivity contribution in [3.63, 3.8) is 0 Å². The Bertz CT molecular complexity index is 883. The van der Waals surface area contributed by atoms with E-state index in [1.54, 1.807) is 6.07 Å². The highest BCUT2D eigenvalue weighted by atomic mass is 79.9. The number of hydrogen-bond acceptors (Lipinski definition) is 4. The van der Waals surface area contributed by atoms with E-state index in [-0.39, 0.29) is 54.5 Å². The number of rotatable bonds is 5. The molecule has 1 aromatic carbocycles. The lowest BCUT2D eigenvalue weighted by atomic mass is 9.85. The first-order valence-electron chi connectivity index (χ1n) is 9.21. The molecule has 8 heteroatoms. The number of carbonyl (C=O) groups excluding carboxylic acids is 4. The Hall–Kier alpha value is -2.48. The average Bonchev–Trinajstić information content (AvgIpc) is 3.33. The van der Waals surface area contributed by atoms with Gasteiger partial charge in [-0.3, -0.25) is 24.1 Å². The maximum atomic E-state index is 12.6. The van der Waals surface area contributed by atoms with Gasteiger partial charge in [0, 0.05) is 10.2 Å².